The number of nitrogens with zero attached hydrogens (tertiary/aromatic N) is 3. The van der Waals surface area contributed by atoms with Crippen LogP contribution in [-0.2, 0) is 6.61 Å². The van der Waals surface area contributed by atoms with Crippen LogP contribution in [0.1, 0.15) is 11.3 Å². The van der Waals surface area contributed by atoms with Crippen molar-refractivity contribution in [2.75, 3.05) is 0 Å². The third kappa shape index (κ3) is 2.55. The number of aryl methyl sites for hydroxylation is 1. The van der Waals surface area contributed by atoms with Gasteiger partial charge in [-0.25, -0.2) is 4.68 Å². The van der Waals surface area contributed by atoms with E-state index in [2.05, 4.69) is 10.3 Å². The van der Waals surface area contributed by atoms with Crippen LogP contribution in [0.5, 0.6) is 0 Å². The minimum absolute atomic E-state index is 0.188. The quantitative estimate of drug-likeness (QED) is 0.806. The molecule has 21 heavy (non-hydrogen) atoms. The Hall–Kier alpha value is -2.17. The molecule has 0 atom stereocenters. The van der Waals surface area contributed by atoms with Crippen LogP contribution in [-0.4, -0.2) is 20.1 Å². The fourth-order valence-corrected chi connectivity index (χ4v) is 2.51. The zero-order chi connectivity index (χ0) is 14.8. The molecule has 0 saturated carbocycles. The van der Waals surface area contributed by atoms with E-state index >= 15 is 0 Å². The molecule has 3 rings (SSSR count). The third-order valence-electron chi connectivity index (χ3n) is 3.26. The lowest BCUT2D eigenvalue weighted by Crippen LogP contribution is -2.01. The summed E-state index contributed by atoms with van der Waals surface area (Å²) in [7, 11) is 0. The summed E-state index contributed by atoms with van der Waals surface area (Å²) in [6, 6.07) is 15.4. The highest BCUT2D eigenvalue weighted by atomic mass is 35.5. The van der Waals surface area contributed by atoms with E-state index in [0.29, 0.717) is 16.4 Å². The molecule has 1 aromatic heterocycles. The molecular weight excluding hydrogens is 286 g/mol. The van der Waals surface area contributed by atoms with Gasteiger partial charge in [-0.3, -0.25) is 0 Å². The smallest absolute Gasteiger partial charge is 0.117 e. The number of hydrogen-bond donors (Lipinski definition) is 1. The fraction of sp³-hybridized carbons (Fsp3) is 0.125. The van der Waals surface area contributed by atoms with Gasteiger partial charge in [0, 0.05) is 5.56 Å². The number of halogens is 1. The third-order valence-corrected chi connectivity index (χ3v) is 3.59. The zero-order valence-electron chi connectivity index (χ0n) is 11.5. The van der Waals surface area contributed by atoms with Crippen LogP contribution < -0.4 is 0 Å². The Bertz CT molecular complexity index is 783. The lowest BCUT2D eigenvalue weighted by molar-refractivity contribution is 0.277. The topological polar surface area (TPSA) is 50.9 Å². The lowest BCUT2D eigenvalue weighted by atomic mass is 10.1. The van der Waals surface area contributed by atoms with E-state index in [1.54, 1.807) is 4.68 Å². The molecular formula is C16H14ClN3O. The summed E-state index contributed by atoms with van der Waals surface area (Å²) in [6.45, 7) is 1.83. The molecule has 1 heterocycles. The lowest BCUT2D eigenvalue weighted by Gasteiger charge is -2.09. The SMILES string of the molecule is Cc1cccc(-n2nnc(CO)c2-c2ccccc2Cl)c1. The summed E-state index contributed by atoms with van der Waals surface area (Å²) in [5.41, 5.74) is 4.03. The Labute approximate surface area is 127 Å². The molecule has 0 unspecified atom stereocenters. The molecule has 1 N–H and O–H groups in total. The number of benzene rings is 2. The molecule has 0 fully saturated rings. The minimum Gasteiger partial charge on any atom is -0.390 e. The van der Waals surface area contributed by atoms with Crippen molar-refractivity contribution in [1.82, 2.24) is 15.0 Å². The van der Waals surface area contributed by atoms with Gasteiger partial charge < -0.3 is 5.11 Å². The number of rotatable bonds is 3. The molecule has 4 nitrogen and oxygen atoms in total. The van der Waals surface area contributed by atoms with E-state index in [-0.39, 0.29) is 6.61 Å². The van der Waals surface area contributed by atoms with Crippen LogP contribution in [0.3, 0.4) is 0 Å². The maximum Gasteiger partial charge on any atom is 0.117 e. The fourth-order valence-electron chi connectivity index (χ4n) is 2.28. The normalized spacial score (nSPS) is 10.8. The Morgan fingerprint density at radius 2 is 1.95 bits per heavy atom. The number of hydrogen-bond acceptors (Lipinski definition) is 3. The van der Waals surface area contributed by atoms with Crippen LogP contribution >= 0.6 is 11.6 Å². The first-order valence-corrected chi connectivity index (χ1v) is 6.96. The highest BCUT2D eigenvalue weighted by Gasteiger charge is 2.17. The van der Waals surface area contributed by atoms with Crippen molar-refractivity contribution in [3.05, 3.63) is 64.8 Å². The molecule has 0 aliphatic rings. The van der Waals surface area contributed by atoms with Gasteiger partial charge in [-0.2, -0.15) is 0 Å². The first-order valence-electron chi connectivity index (χ1n) is 6.58. The monoisotopic (exact) mass is 299 g/mol. The Kier molecular flexibility index (Phi) is 3.73. The summed E-state index contributed by atoms with van der Waals surface area (Å²) >= 11 is 6.28. The molecule has 0 bridgehead atoms. The Balaban J connectivity index is 2.24. The summed E-state index contributed by atoms with van der Waals surface area (Å²) in [6.07, 6.45) is 0. The van der Waals surface area contributed by atoms with E-state index in [9.17, 15) is 5.11 Å². The van der Waals surface area contributed by atoms with E-state index in [1.165, 1.54) is 0 Å². The van der Waals surface area contributed by atoms with Gasteiger partial charge >= 0.3 is 0 Å². The molecule has 0 amide bonds. The summed E-state index contributed by atoms with van der Waals surface area (Å²) < 4.78 is 1.71. The minimum atomic E-state index is -0.188. The van der Waals surface area contributed by atoms with Crippen LogP contribution in [0, 0.1) is 6.92 Å². The molecule has 0 aliphatic carbocycles. The number of aliphatic hydroxyl groups is 1. The second-order valence-corrected chi connectivity index (χ2v) is 5.18. The maximum absolute atomic E-state index is 9.53. The second-order valence-electron chi connectivity index (χ2n) is 4.77. The van der Waals surface area contributed by atoms with Gasteiger partial charge in [0.25, 0.3) is 0 Å². The molecule has 0 radical (unpaired) electrons. The predicted octanol–water partition coefficient (Wildman–Crippen LogP) is 3.39. The van der Waals surface area contributed by atoms with E-state index < -0.39 is 0 Å². The molecule has 0 aliphatic heterocycles. The zero-order valence-corrected chi connectivity index (χ0v) is 12.2. The van der Waals surface area contributed by atoms with Gasteiger partial charge in [-0.1, -0.05) is 47.1 Å². The number of aromatic nitrogens is 3. The summed E-state index contributed by atoms with van der Waals surface area (Å²) in [5.74, 6) is 0. The van der Waals surface area contributed by atoms with Gasteiger partial charge in [0.05, 0.1) is 17.3 Å². The molecule has 3 aromatic rings. The van der Waals surface area contributed by atoms with Gasteiger partial charge in [0.1, 0.15) is 11.4 Å². The van der Waals surface area contributed by atoms with E-state index in [4.69, 9.17) is 11.6 Å². The highest BCUT2D eigenvalue weighted by molar-refractivity contribution is 6.33. The van der Waals surface area contributed by atoms with Crippen molar-refractivity contribution >= 4 is 11.6 Å². The summed E-state index contributed by atoms with van der Waals surface area (Å²) in [5, 5.41) is 18.4. The Morgan fingerprint density at radius 3 is 2.67 bits per heavy atom. The average Bonchev–Trinajstić information content (AvgIpc) is 2.91. The van der Waals surface area contributed by atoms with E-state index in [0.717, 1.165) is 16.8 Å². The molecule has 2 aromatic carbocycles. The van der Waals surface area contributed by atoms with Crippen molar-refractivity contribution in [1.29, 1.82) is 0 Å². The van der Waals surface area contributed by atoms with Gasteiger partial charge in [-0.05, 0) is 30.7 Å². The second kappa shape index (κ2) is 5.68. The first-order chi connectivity index (χ1) is 10.2. The molecule has 0 spiro atoms. The van der Waals surface area contributed by atoms with E-state index in [1.807, 2.05) is 55.5 Å². The predicted molar refractivity (Wildman–Crippen MR) is 82.5 cm³/mol. The molecule has 106 valence electrons. The first kappa shape index (κ1) is 13.8. The van der Waals surface area contributed by atoms with Gasteiger partial charge in [0.15, 0.2) is 0 Å². The average molecular weight is 300 g/mol. The van der Waals surface area contributed by atoms with Crippen LogP contribution in [0.4, 0.5) is 0 Å². The molecule has 0 saturated heterocycles. The van der Waals surface area contributed by atoms with Crippen LogP contribution in [0.25, 0.3) is 16.9 Å². The highest BCUT2D eigenvalue weighted by Crippen LogP contribution is 2.31. The van der Waals surface area contributed by atoms with Crippen molar-refractivity contribution in [3.63, 3.8) is 0 Å². The van der Waals surface area contributed by atoms with Gasteiger partial charge in [-0.15, -0.1) is 5.10 Å². The van der Waals surface area contributed by atoms with Crippen molar-refractivity contribution in [3.8, 4) is 16.9 Å². The molecule has 5 heteroatoms. The maximum atomic E-state index is 9.53. The van der Waals surface area contributed by atoms with Crippen molar-refractivity contribution in [2.24, 2.45) is 0 Å². The standard InChI is InChI=1S/C16H14ClN3O/c1-11-5-4-6-12(9-11)20-16(15(10-21)18-19-20)13-7-2-3-8-14(13)17/h2-9,21H,10H2,1H3. The van der Waals surface area contributed by atoms with Crippen molar-refractivity contribution in [2.45, 2.75) is 13.5 Å². The van der Waals surface area contributed by atoms with Gasteiger partial charge in [0.2, 0.25) is 0 Å². The van der Waals surface area contributed by atoms with Crippen LogP contribution in [0.2, 0.25) is 5.02 Å². The Morgan fingerprint density at radius 1 is 1.14 bits per heavy atom. The number of aliphatic hydroxyl groups excluding tert-OH is 1. The summed E-state index contributed by atoms with van der Waals surface area (Å²) in [4.78, 5) is 0. The largest absolute Gasteiger partial charge is 0.390 e. The van der Waals surface area contributed by atoms with Crippen molar-refractivity contribution < 1.29 is 5.11 Å². The van der Waals surface area contributed by atoms with Crippen LogP contribution in [0.15, 0.2) is 48.5 Å².